The number of carbonyl (C=O) groups excluding carboxylic acids is 1. The average Bonchev–Trinajstić information content (AvgIpc) is 2.69. The van der Waals surface area contributed by atoms with Crippen molar-refractivity contribution in [3.8, 4) is 11.5 Å². The van der Waals surface area contributed by atoms with E-state index in [0.717, 1.165) is 27.3 Å². The molecular formula is C22H28N2O5S. The zero-order chi connectivity index (χ0) is 21.9. The van der Waals surface area contributed by atoms with E-state index in [1.54, 1.807) is 18.2 Å². The van der Waals surface area contributed by atoms with E-state index < -0.39 is 10.0 Å². The molecule has 0 fully saturated rings. The summed E-state index contributed by atoms with van der Waals surface area (Å²) in [6, 6.07) is 10.8. The second-order valence-electron chi connectivity index (χ2n) is 7.49. The molecule has 0 radical (unpaired) electrons. The largest absolute Gasteiger partial charge is 0.486 e. The topological polar surface area (TPSA) is 84.9 Å². The Hall–Kier alpha value is -2.74. The van der Waals surface area contributed by atoms with Gasteiger partial charge in [0.1, 0.15) is 19.8 Å². The van der Waals surface area contributed by atoms with Gasteiger partial charge < -0.3 is 14.8 Å². The number of hydrogen-bond donors (Lipinski definition) is 1. The number of nitrogens with zero attached hydrogens (tertiary/aromatic N) is 1. The maximum Gasteiger partial charge on any atom is 0.241 e. The van der Waals surface area contributed by atoms with Crippen LogP contribution in [-0.4, -0.2) is 40.3 Å². The molecule has 1 aliphatic rings. The van der Waals surface area contributed by atoms with Gasteiger partial charge in [-0.1, -0.05) is 30.7 Å². The van der Waals surface area contributed by atoms with Crippen molar-refractivity contribution in [1.82, 2.24) is 5.32 Å². The highest BCUT2D eigenvalue weighted by molar-refractivity contribution is 7.92. The smallest absolute Gasteiger partial charge is 0.241 e. The Morgan fingerprint density at radius 2 is 1.80 bits per heavy atom. The molecule has 162 valence electrons. The molecule has 2 aromatic carbocycles. The number of carbonyl (C=O) groups is 1. The van der Waals surface area contributed by atoms with Gasteiger partial charge in [-0.15, -0.1) is 0 Å². The molecule has 8 heteroatoms. The molecule has 0 bridgehead atoms. The van der Waals surface area contributed by atoms with Crippen LogP contribution in [0.4, 0.5) is 5.69 Å². The van der Waals surface area contributed by atoms with Crippen molar-refractivity contribution < 1.29 is 22.7 Å². The van der Waals surface area contributed by atoms with E-state index in [4.69, 9.17) is 9.47 Å². The molecule has 1 atom stereocenters. The third kappa shape index (κ3) is 5.05. The first kappa shape index (κ1) is 22.0. The Morgan fingerprint density at radius 3 is 2.43 bits per heavy atom. The molecule has 1 heterocycles. The Balaban J connectivity index is 1.80. The summed E-state index contributed by atoms with van der Waals surface area (Å²) in [6.07, 6.45) is 1.77. The van der Waals surface area contributed by atoms with Crippen molar-refractivity contribution in [3.05, 3.63) is 53.1 Å². The molecule has 0 saturated heterocycles. The number of ether oxygens (including phenoxy) is 2. The van der Waals surface area contributed by atoms with Crippen molar-refractivity contribution in [2.24, 2.45) is 0 Å². The maximum atomic E-state index is 12.8. The number of amides is 1. The molecular weight excluding hydrogens is 404 g/mol. The van der Waals surface area contributed by atoms with Crippen LogP contribution in [-0.2, 0) is 14.8 Å². The predicted molar refractivity (Wildman–Crippen MR) is 117 cm³/mol. The molecule has 1 N–H and O–H groups in total. The Bertz CT molecular complexity index is 1040. The molecule has 30 heavy (non-hydrogen) atoms. The fraction of sp³-hybridized carbons (Fsp3) is 0.409. The van der Waals surface area contributed by atoms with Crippen LogP contribution in [0.2, 0.25) is 0 Å². The second kappa shape index (κ2) is 8.95. The van der Waals surface area contributed by atoms with Crippen LogP contribution in [0, 0.1) is 13.8 Å². The second-order valence-corrected chi connectivity index (χ2v) is 9.39. The fourth-order valence-electron chi connectivity index (χ4n) is 3.57. The van der Waals surface area contributed by atoms with Gasteiger partial charge in [0.05, 0.1) is 18.0 Å². The van der Waals surface area contributed by atoms with Crippen LogP contribution in [0.5, 0.6) is 11.5 Å². The Labute approximate surface area is 178 Å². The van der Waals surface area contributed by atoms with E-state index >= 15 is 0 Å². The molecule has 7 nitrogen and oxygen atoms in total. The van der Waals surface area contributed by atoms with E-state index in [2.05, 4.69) is 11.4 Å². The van der Waals surface area contributed by atoms with E-state index in [1.807, 2.05) is 32.9 Å². The summed E-state index contributed by atoms with van der Waals surface area (Å²) in [5.41, 5.74) is 3.63. The number of benzene rings is 2. The first-order valence-corrected chi connectivity index (χ1v) is 11.8. The van der Waals surface area contributed by atoms with Gasteiger partial charge in [0, 0.05) is 6.07 Å². The number of hydrogen-bond acceptors (Lipinski definition) is 5. The van der Waals surface area contributed by atoms with Gasteiger partial charge in [-0.05, 0) is 43.5 Å². The van der Waals surface area contributed by atoms with Gasteiger partial charge in [-0.2, -0.15) is 0 Å². The van der Waals surface area contributed by atoms with Gasteiger partial charge in [0.2, 0.25) is 15.9 Å². The van der Waals surface area contributed by atoms with Gasteiger partial charge in [-0.3, -0.25) is 9.10 Å². The van der Waals surface area contributed by atoms with Crippen molar-refractivity contribution in [2.75, 3.05) is 30.3 Å². The summed E-state index contributed by atoms with van der Waals surface area (Å²) in [6.45, 7) is 6.54. The molecule has 3 rings (SSSR count). The van der Waals surface area contributed by atoms with Crippen molar-refractivity contribution >= 4 is 21.6 Å². The third-order valence-electron chi connectivity index (χ3n) is 5.05. The lowest BCUT2D eigenvalue weighted by molar-refractivity contribution is -0.120. The fourth-order valence-corrected chi connectivity index (χ4v) is 4.42. The van der Waals surface area contributed by atoms with Crippen molar-refractivity contribution in [3.63, 3.8) is 0 Å². The zero-order valence-corrected chi connectivity index (χ0v) is 18.6. The minimum absolute atomic E-state index is 0.195. The quantitative estimate of drug-likeness (QED) is 0.727. The summed E-state index contributed by atoms with van der Waals surface area (Å²) in [7, 11) is -3.68. The maximum absolute atomic E-state index is 12.8. The predicted octanol–water partition coefficient (Wildman–Crippen LogP) is 3.11. The van der Waals surface area contributed by atoms with Gasteiger partial charge in [-0.25, -0.2) is 8.42 Å². The summed E-state index contributed by atoms with van der Waals surface area (Å²) in [4.78, 5) is 12.8. The highest BCUT2D eigenvalue weighted by Gasteiger charge is 2.25. The van der Waals surface area contributed by atoms with E-state index in [9.17, 15) is 13.2 Å². The molecule has 1 amide bonds. The average molecular weight is 433 g/mol. The third-order valence-corrected chi connectivity index (χ3v) is 6.19. The van der Waals surface area contributed by atoms with Crippen LogP contribution in [0.25, 0.3) is 0 Å². The lowest BCUT2D eigenvalue weighted by Gasteiger charge is -2.26. The number of sulfonamides is 1. The molecule has 2 aromatic rings. The van der Waals surface area contributed by atoms with E-state index in [-0.39, 0.29) is 18.5 Å². The molecule has 0 unspecified atom stereocenters. The zero-order valence-electron chi connectivity index (χ0n) is 17.8. The minimum atomic E-state index is -3.68. The first-order chi connectivity index (χ1) is 14.2. The van der Waals surface area contributed by atoms with Crippen LogP contribution in [0.1, 0.15) is 36.1 Å². The van der Waals surface area contributed by atoms with Crippen molar-refractivity contribution in [1.29, 1.82) is 0 Å². The highest BCUT2D eigenvalue weighted by Crippen LogP contribution is 2.34. The monoisotopic (exact) mass is 432 g/mol. The van der Waals surface area contributed by atoms with E-state index in [1.165, 1.54) is 0 Å². The molecule has 0 spiro atoms. The SMILES string of the molecule is CC[C@H](NC(=O)CN(c1ccc2c(c1)OCCO2)S(C)(=O)=O)c1ccc(C)cc1C. The Morgan fingerprint density at radius 1 is 1.10 bits per heavy atom. The number of nitrogens with one attached hydrogen (secondary N) is 1. The first-order valence-electron chi connectivity index (χ1n) is 9.93. The van der Waals surface area contributed by atoms with Crippen LogP contribution >= 0.6 is 0 Å². The molecule has 0 saturated carbocycles. The summed E-state index contributed by atoms with van der Waals surface area (Å²) in [5.74, 6) is 0.653. The van der Waals surface area contributed by atoms with Gasteiger partial charge in [0.25, 0.3) is 0 Å². The standard InChI is InChI=1S/C22H28N2O5S/c1-5-19(18-8-6-15(2)12-16(18)3)23-22(25)14-24(30(4,26)27)17-7-9-20-21(13-17)29-11-10-28-20/h6-9,12-13,19H,5,10-11,14H2,1-4H3,(H,23,25)/t19-/m0/s1. The van der Waals surface area contributed by atoms with Gasteiger partial charge >= 0.3 is 0 Å². The number of anilines is 1. The summed E-state index contributed by atoms with van der Waals surface area (Å²) in [5, 5.41) is 2.98. The number of aryl methyl sites for hydroxylation is 2. The lowest BCUT2D eigenvalue weighted by Crippen LogP contribution is -2.41. The lowest BCUT2D eigenvalue weighted by atomic mass is 9.97. The minimum Gasteiger partial charge on any atom is -0.486 e. The highest BCUT2D eigenvalue weighted by atomic mass is 32.2. The Kier molecular flexibility index (Phi) is 6.55. The van der Waals surface area contributed by atoms with Gasteiger partial charge in [0.15, 0.2) is 11.5 Å². The van der Waals surface area contributed by atoms with Crippen LogP contribution < -0.4 is 19.1 Å². The number of rotatable bonds is 7. The van der Waals surface area contributed by atoms with Crippen LogP contribution in [0.3, 0.4) is 0 Å². The normalized spacial score (nSPS) is 14.1. The molecule has 1 aliphatic heterocycles. The van der Waals surface area contributed by atoms with E-state index in [0.29, 0.717) is 36.8 Å². The molecule has 0 aliphatic carbocycles. The summed E-state index contributed by atoms with van der Waals surface area (Å²) < 4.78 is 37.0. The van der Waals surface area contributed by atoms with Crippen molar-refractivity contribution in [2.45, 2.75) is 33.2 Å². The summed E-state index contributed by atoms with van der Waals surface area (Å²) >= 11 is 0. The molecule has 0 aromatic heterocycles. The van der Waals surface area contributed by atoms with Crippen LogP contribution in [0.15, 0.2) is 36.4 Å². The number of fused-ring (bicyclic) bond motifs is 1.